The molecular weight excluding hydrogens is 352 g/mol. The second-order valence-corrected chi connectivity index (χ2v) is 8.00. The molecule has 0 aromatic heterocycles. The highest BCUT2D eigenvalue weighted by Crippen LogP contribution is 2.23. The molecule has 2 aliphatic heterocycles. The second kappa shape index (κ2) is 9.92. The van der Waals surface area contributed by atoms with Crippen LogP contribution in [0, 0.1) is 0 Å². The molecule has 2 fully saturated rings. The molecule has 2 N–H and O–H groups in total. The summed E-state index contributed by atoms with van der Waals surface area (Å²) >= 11 is 0. The van der Waals surface area contributed by atoms with Gasteiger partial charge in [-0.25, -0.2) is 4.99 Å². The number of piperidine rings is 1. The van der Waals surface area contributed by atoms with Crippen molar-refractivity contribution in [3.63, 3.8) is 0 Å². The Morgan fingerprint density at radius 2 is 1.89 bits per heavy atom. The lowest BCUT2D eigenvalue weighted by Crippen LogP contribution is -2.45. The Morgan fingerprint density at radius 1 is 1.14 bits per heavy atom. The third-order valence-electron chi connectivity index (χ3n) is 5.54. The summed E-state index contributed by atoms with van der Waals surface area (Å²) in [4.78, 5) is 19.2. The topological polar surface area (TPSA) is 66.0 Å². The lowest BCUT2D eigenvalue weighted by molar-refractivity contribution is 0.0242. The van der Waals surface area contributed by atoms with Gasteiger partial charge in [-0.1, -0.05) is 12.1 Å². The van der Waals surface area contributed by atoms with E-state index < -0.39 is 0 Å². The van der Waals surface area contributed by atoms with Gasteiger partial charge >= 0.3 is 0 Å². The number of benzene rings is 1. The molecule has 0 spiro atoms. The van der Waals surface area contributed by atoms with E-state index in [0.29, 0.717) is 6.54 Å². The Balaban J connectivity index is 1.55. The summed E-state index contributed by atoms with van der Waals surface area (Å²) < 4.78 is 5.84. The lowest BCUT2D eigenvalue weighted by Gasteiger charge is -2.26. The van der Waals surface area contributed by atoms with E-state index in [-0.39, 0.29) is 11.5 Å². The first-order chi connectivity index (χ1) is 13.6. The molecule has 1 amide bonds. The second-order valence-electron chi connectivity index (χ2n) is 8.00. The van der Waals surface area contributed by atoms with Crippen LogP contribution in [0.15, 0.2) is 29.3 Å². The number of hydrogen-bond acceptors (Lipinski definition) is 3. The fraction of sp³-hybridized carbons (Fsp3) is 0.636. The maximum absolute atomic E-state index is 12.6. The molecule has 6 nitrogen and oxygen atoms in total. The third-order valence-corrected chi connectivity index (χ3v) is 5.54. The van der Waals surface area contributed by atoms with Gasteiger partial charge in [-0.15, -0.1) is 0 Å². The monoisotopic (exact) mass is 386 g/mol. The van der Waals surface area contributed by atoms with E-state index in [1.165, 1.54) is 6.42 Å². The predicted octanol–water partition coefficient (Wildman–Crippen LogP) is 2.94. The van der Waals surface area contributed by atoms with Gasteiger partial charge in [0.1, 0.15) is 0 Å². The molecule has 3 rings (SSSR count). The molecule has 1 aromatic carbocycles. The minimum atomic E-state index is -0.105. The van der Waals surface area contributed by atoms with Gasteiger partial charge in [-0.2, -0.15) is 0 Å². The van der Waals surface area contributed by atoms with Crippen LogP contribution in [-0.4, -0.2) is 55.2 Å². The minimum absolute atomic E-state index is 0.105. The number of ether oxygens (including phenoxy) is 1. The normalized spacial score (nSPS) is 22.9. The van der Waals surface area contributed by atoms with E-state index in [1.54, 1.807) is 0 Å². The van der Waals surface area contributed by atoms with Crippen LogP contribution in [0.4, 0.5) is 0 Å². The fourth-order valence-electron chi connectivity index (χ4n) is 3.79. The SMILES string of the molecule is CCNC(=NCc1ccc(C(=O)N2CCCCC2)cc1)NCC1(C)CCCO1. The van der Waals surface area contributed by atoms with E-state index in [9.17, 15) is 4.79 Å². The first kappa shape index (κ1) is 20.6. The van der Waals surface area contributed by atoms with E-state index in [1.807, 2.05) is 29.2 Å². The Hall–Kier alpha value is -2.08. The average Bonchev–Trinajstić information content (AvgIpc) is 3.17. The number of carbonyl (C=O) groups excluding carboxylic acids is 1. The van der Waals surface area contributed by atoms with Crippen molar-refractivity contribution in [2.24, 2.45) is 4.99 Å². The zero-order valence-electron chi connectivity index (χ0n) is 17.3. The van der Waals surface area contributed by atoms with Crippen molar-refractivity contribution in [2.75, 3.05) is 32.8 Å². The molecule has 2 aliphatic rings. The van der Waals surface area contributed by atoms with Crippen molar-refractivity contribution >= 4 is 11.9 Å². The van der Waals surface area contributed by atoms with Gasteiger partial charge in [0.05, 0.1) is 12.1 Å². The van der Waals surface area contributed by atoms with Crippen molar-refractivity contribution in [3.8, 4) is 0 Å². The number of amides is 1. The van der Waals surface area contributed by atoms with Gasteiger partial charge in [0, 0.05) is 38.3 Å². The molecule has 6 heteroatoms. The van der Waals surface area contributed by atoms with Crippen molar-refractivity contribution < 1.29 is 9.53 Å². The molecular formula is C22H34N4O2. The van der Waals surface area contributed by atoms with Crippen LogP contribution in [0.1, 0.15) is 61.9 Å². The van der Waals surface area contributed by atoms with Crippen molar-refractivity contribution in [1.29, 1.82) is 0 Å². The highest BCUT2D eigenvalue weighted by atomic mass is 16.5. The Labute approximate surface area is 168 Å². The molecule has 154 valence electrons. The summed E-state index contributed by atoms with van der Waals surface area (Å²) in [5.74, 6) is 0.947. The van der Waals surface area contributed by atoms with E-state index >= 15 is 0 Å². The van der Waals surface area contributed by atoms with Gasteiger partial charge < -0.3 is 20.3 Å². The standard InChI is InChI=1S/C22H34N4O2/c1-3-23-21(25-17-22(2)12-7-15-28-22)24-16-18-8-10-19(11-9-18)20(27)26-13-5-4-6-14-26/h8-11H,3-7,12-17H2,1-2H3,(H2,23,24,25). The van der Waals surface area contributed by atoms with Gasteiger partial charge in [-0.05, 0) is 63.6 Å². The molecule has 0 radical (unpaired) electrons. The molecule has 0 aliphatic carbocycles. The van der Waals surface area contributed by atoms with Gasteiger partial charge in [0.25, 0.3) is 5.91 Å². The number of carbonyl (C=O) groups is 1. The summed E-state index contributed by atoms with van der Waals surface area (Å²) in [7, 11) is 0. The molecule has 0 bridgehead atoms. The average molecular weight is 387 g/mol. The zero-order chi connectivity index (χ0) is 19.8. The number of nitrogens with one attached hydrogen (secondary N) is 2. The predicted molar refractivity (Wildman–Crippen MR) is 113 cm³/mol. The molecule has 1 atom stereocenters. The summed E-state index contributed by atoms with van der Waals surface area (Å²) in [6, 6.07) is 7.86. The van der Waals surface area contributed by atoms with Crippen molar-refractivity contribution in [1.82, 2.24) is 15.5 Å². The quantitative estimate of drug-likeness (QED) is 0.583. The van der Waals surface area contributed by atoms with Crippen LogP contribution >= 0.6 is 0 Å². The van der Waals surface area contributed by atoms with E-state index in [0.717, 1.165) is 75.6 Å². The molecule has 2 heterocycles. The van der Waals surface area contributed by atoms with E-state index in [4.69, 9.17) is 4.74 Å². The maximum atomic E-state index is 12.6. The lowest BCUT2D eigenvalue weighted by atomic mass is 10.0. The first-order valence-corrected chi connectivity index (χ1v) is 10.6. The van der Waals surface area contributed by atoms with Crippen molar-refractivity contribution in [2.45, 2.75) is 58.1 Å². The Bertz CT molecular complexity index is 660. The van der Waals surface area contributed by atoms with Crippen LogP contribution < -0.4 is 10.6 Å². The first-order valence-electron chi connectivity index (χ1n) is 10.6. The summed E-state index contributed by atoms with van der Waals surface area (Å²) in [5, 5.41) is 6.69. The van der Waals surface area contributed by atoms with Crippen LogP contribution in [-0.2, 0) is 11.3 Å². The van der Waals surface area contributed by atoms with Crippen LogP contribution in [0.25, 0.3) is 0 Å². The summed E-state index contributed by atoms with van der Waals surface area (Å²) in [6.07, 6.45) is 5.65. The van der Waals surface area contributed by atoms with Crippen molar-refractivity contribution in [3.05, 3.63) is 35.4 Å². The molecule has 1 aromatic rings. The number of nitrogens with zero attached hydrogens (tertiary/aromatic N) is 2. The number of hydrogen-bond donors (Lipinski definition) is 2. The van der Waals surface area contributed by atoms with Crippen LogP contribution in [0.3, 0.4) is 0 Å². The van der Waals surface area contributed by atoms with Crippen LogP contribution in [0.5, 0.6) is 0 Å². The summed E-state index contributed by atoms with van der Waals surface area (Å²) in [5.41, 5.74) is 1.76. The Morgan fingerprint density at radius 3 is 2.54 bits per heavy atom. The van der Waals surface area contributed by atoms with Gasteiger partial charge in [0.2, 0.25) is 0 Å². The molecule has 28 heavy (non-hydrogen) atoms. The smallest absolute Gasteiger partial charge is 0.253 e. The van der Waals surface area contributed by atoms with Crippen LogP contribution in [0.2, 0.25) is 0 Å². The maximum Gasteiger partial charge on any atom is 0.253 e. The Kier molecular flexibility index (Phi) is 7.31. The van der Waals surface area contributed by atoms with E-state index in [2.05, 4.69) is 29.5 Å². The largest absolute Gasteiger partial charge is 0.373 e. The zero-order valence-corrected chi connectivity index (χ0v) is 17.3. The molecule has 1 unspecified atom stereocenters. The molecule has 2 saturated heterocycles. The fourth-order valence-corrected chi connectivity index (χ4v) is 3.79. The third kappa shape index (κ3) is 5.71. The van der Waals surface area contributed by atoms with Gasteiger partial charge in [-0.3, -0.25) is 4.79 Å². The molecule has 0 saturated carbocycles. The number of rotatable bonds is 6. The number of likely N-dealkylation sites (tertiary alicyclic amines) is 1. The highest BCUT2D eigenvalue weighted by molar-refractivity contribution is 5.94. The number of guanidine groups is 1. The minimum Gasteiger partial charge on any atom is -0.373 e. The highest BCUT2D eigenvalue weighted by Gasteiger charge is 2.29. The summed E-state index contributed by atoms with van der Waals surface area (Å²) in [6.45, 7) is 8.95. The van der Waals surface area contributed by atoms with Gasteiger partial charge in [0.15, 0.2) is 5.96 Å². The number of aliphatic imine (C=N–C) groups is 1.